The molecule has 0 aliphatic carbocycles. The predicted octanol–water partition coefficient (Wildman–Crippen LogP) is 2.41. The molecule has 0 spiro atoms. The molecule has 0 aromatic heterocycles. The van der Waals surface area contributed by atoms with Gasteiger partial charge in [-0.3, -0.25) is 0 Å². The third-order valence-corrected chi connectivity index (χ3v) is 6.87. The van der Waals surface area contributed by atoms with Crippen molar-refractivity contribution < 1.29 is 13.5 Å². The third kappa shape index (κ3) is 3.87. The van der Waals surface area contributed by atoms with Gasteiger partial charge in [-0.2, -0.15) is 4.31 Å². The Morgan fingerprint density at radius 2 is 1.86 bits per heavy atom. The molecule has 0 amide bonds. The topological polar surface area (TPSA) is 57.6 Å². The molecular formula is C16H25NO3SSi. The van der Waals surface area contributed by atoms with Crippen molar-refractivity contribution in [3.63, 3.8) is 0 Å². The van der Waals surface area contributed by atoms with E-state index >= 15 is 0 Å². The van der Waals surface area contributed by atoms with Crippen molar-refractivity contribution in [2.24, 2.45) is 5.92 Å². The number of aliphatic hydroxyl groups excluding tert-OH is 1. The molecule has 4 nitrogen and oxygen atoms in total. The molecule has 0 radical (unpaired) electrons. The van der Waals surface area contributed by atoms with Crippen LogP contribution in [0.25, 0.3) is 0 Å². The number of sulfonamides is 1. The Bertz CT molecular complexity index is 660. The number of benzene rings is 1. The Balaban J connectivity index is 2.30. The van der Waals surface area contributed by atoms with E-state index in [9.17, 15) is 13.5 Å². The quantitative estimate of drug-likeness (QED) is 0.857. The van der Waals surface area contributed by atoms with Gasteiger partial charge in [0, 0.05) is 19.0 Å². The van der Waals surface area contributed by atoms with Gasteiger partial charge in [0.2, 0.25) is 10.0 Å². The van der Waals surface area contributed by atoms with Gasteiger partial charge in [-0.1, -0.05) is 48.6 Å². The molecule has 1 aromatic rings. The molecule has 1 aliphatic heterocycles. The Morgan fingerprint density at radius 1 is 1.27 bits per heavy atom. The zero-order valence-electron chi connectivity index (χ0n) is 13.7. The standard InChI is InChI=1S/C16H25NO3SSi/c1-13-5-7-16(8-6-13)21(19,20)17-9-14(11-18)15(10-17)12-22(2,3)4/h5-8,12,14,18H,9-11H2,1-4H3/b15-12-. The molecule has 1 aromatic carbocycles. The number of nitrogens with zero attached hydrogens (tertiary/aromatic N) is 1. The summed E-state index contributed by atoms with van der Waals surface area (Å²) < 4.78 is 27.0. The van der Waals surface area contributed by atoms with Gasteiger partial charge in [0.25, 0.3) is 0 Å². The van der Waals surface area contributed by atoms with E-state index in [-0.39, 0.29) is 12.5 Å². The molecule has 122 valence electrons. The van der Waals surface area contributed by atoms with Crippen LogP contribution < -0.4 is 0 Å². The molecule has 1 saturated heterocycles. The van der Waals surface area contributed by atoms with Gasteiger partial charge in [0.1, 0.15) is 0 Å². The summed E-state index contributed by atoms with van der Waals surface area (Å²) in [5, 5.41) is 9.58. The molecule has 1 fully saturated rings. The van der Waals surface area contributed by atoms with E-state index in [0.29, 0.717) is 18.0 Å². The normalized spacial score (nSPS) is 22.4. The van der Waals surface area contributed by atoms with Gasteiger partial charge >= 0.3 is 0 Å². The lowest BCUT2D eigenvalue weighted by Crippen LogP contribution is -2.29. The van der Waals surface area contributed by atoms with Crippen molar-refractivity contribution in [1.82, 2.24) is 4.31 Å². The van der Waals surface area contributed by atoms with Crippen LogP contribution in [0, 0.1) is 12.8 Å². The van der Waals surface area contributed by atoms with Gasteiger partial charge in [-0.15, -0.1) is 0 Å². The second kappa shape index (κ2) is 6.27. The summed E-state index contributed by atoms with van der Waals surface area (Å²) in [5.74, 6) is -0.0769. The first kappa shape index (κ1) is 17.4. The molecule has 0 saturated carbocycles. The molecule has 1 aliphatic rings. The van der Waals surface area contributed by atoms with Crippen molar-refractivity contribution in [3.8, 4) is 0 Å². The van der Waals surface area contributed by atoms with E-state index in [1.54, 1.807) is 12.1 Å². The van der Waals surface area contributed by atoms with Gasteiger partial charge in [-0.05, 0) is 19.1 Å². The summed E-state index contributed by atoms with van der Waals surface area (Å²) in [7, 11) is -4.94. The van der Waals surface area contributed by atoms with Crippen LogP contribution >= 0.6 is 0 Å². The summed E-state index contributed by atoms with van der Waals surface area (Å²) in [6, 6.07) is 6.92. The Hall–Kier alpha value is -0.953. The van der Waals surface area contributed by atoms with Crippen LogP contribution in [0.15, 0.2) is 40.4 Å². The third-order valence-electron chi connectivity index (χ3n) is 3.80. The molecular weight excluding hydrogens is 314 g/mol. The summed E-state index contributed by atoms with van der Waals surface area (Å²) >= 11 is 0. The molecule has 2 rings (SSSR count). The van der Waals surface area contributed by atoms with Gasteiger partial charge in [-0.25, -0.2) is 8.42 Å². The molecule has 22 heavy (non-hydrogen) atoms. The van der Waals surface area contributed by atoms with Gasteiger partial charge < -0.3 is 5.11 Å². The zero-order valence-corrected chi connectivity index (χ0v) is 15.5. The van der Waals surface area contributed by atoms with Crippen LogP contribution in [0.5, 0.6) is 0 Å². The van der Waals surface area contributed by atoms with Crippen LogP contribution in [-0.2, 0) is 10.0 Å². The van der Waals surface area contributed by atoms with Crippen LogP contribution in [-0.4, -0.2) is 45.6 Å². The van der Waals surface area contributed by atoms with Crippen LogP contribution in [0.3, 0.4) is 0 Å². The van der Waals surface area contributed by atoms with Crippen LogP contribution in [0.4, 0.5) is 0 Å². The van der Waals surface area contributed by atoms with Crippen molar-refractivity contribution in [2.45, 2.75) is 31.5 Å². The fourth-order valence-electron chi connectivity index (χ4n) is 2.70. The van der Waals surface area contributed by atoms with E-state index < -0.39 is 18.1 Å². The van der Waals surface area contributed by atoms with Gasteiger partial charge in [0.05, 0.1) is 19.6 Å². The molecule has 1 unspecified atom stereocenters. The van der Waals surface area contributed by atoms with E-state index in [1.165, 1.54) is 4.31 Å². The fraction of sp³-hybridized carbons (Fsp3) is 0.500. The van der Waals surface area contributed by atoms with E-state index in [0.717, 1.165) is 11.1 Å². The number of aryl methyl sites for hydroxylation is 1. The SMILES string of the molecule is Cc1ccc(S(=O)(=O)N2C/C(=C/[Si](C)(C)C)C(CO)C2)cc1. The Labute approximate surface area is 134 Å². The summed E-state index contributed by atoms with van der Waals surface area (Å²) in [6.07, 6.45) is 0. The second-order valence-corrected chi connectivity index (χ2v) is 14.0. The number of hydrogen-bond acceptors (Lipinski definition) is 3. The van der Waals surface area contributed by atoms with Crippen LogP contribution in [0.2, 0.25) is 19.6 Å². The summed E-state index contributed by atoms with van der Waals surface area (Å²) in [5.41, 5.74) is 4.32. The number of aliphatic hydroxyl groups is 1. The highest BCUT2D eigenvalue weighted by molar-refractivity contribution is 7.89. The lowest BCUT2D eigenvalue weighted by molar-refractivity contribution is 0.248. The van der Waals surface area contributed by atoms with Crippen molar-refractivity contribution in [2.75, 3.05) is 19.7 Å². The van der Waals surface area contributed by atoms with Crippen molar-refractivity contribution >= 4 is 18.1 Å². The minimum absolute atomic E-state index is 0.00374. The monoisotopic (exact) mass is 339 g/mol. The molecule has 0 bridgehead atoms. The summed E-state index contributed by atoms with van der Waals surface area (Å²) in [6.45, 7) is 9.33. The molecule has 6 heteroatoms. The second-order valence-electron chi connectivity index (χ2n) is 7.08. The average molecular weight is 340 g/mol. The first-order chi connectivity index (χ1) is 10.1. The van der Waals surface area contributed by atoms with Gasteiger partial charge in [0.15, 0.2) is 0 Å². The van der Waals surface area contributed by atoms with E-state index in [2.05, 4.69) is 25.3 Å². The summed E-state index contributed by atoms with van der Waals surface area (Å²) in [4.78, 5) is 0.323. The molecule has 1 atom stereocenters. The molecule has 1 N–H and O–H groups in total. The minimum Gasteiger partial charge on any atom is -0.396 e. The fourth-order valence-corrected chi connectivity index (χ4v) is 5.61. The zero-order chi connectivity index (χ0) is 16.5. The number of hydrogen-bond donors (Lipinski definition) is 1. The van der Waals surface area contributed by atoms with E-state index in [4.69, 9.17) is 0 Å². The maximum absolute atomic E-state index is 12.7. The van der Waals surface area contributed by atoms with Crippen LogP contribution in [0.1, 0.15) is 5.56 Å². The maximum Gasteiger partial charge on any atom is 0.243 e. The first-order valence-electron chi connectivity index (χ1n) is 7.53. The number of rotatable bonds is 4. The molecule has 1 heterocycles. The smallest absolute Gasteiger partial charge is 0.243 e. The highest BCUT2D eigenvalue weighted by atomic mass is 32.2. The maximum atomic E-state index is 12.7. The highest BCUT2D eigenvalue weighted by Gasteiger charge is 2.36. The lowest BCUT2D eigenvalue weighted by atomic mass is 10.1. The van der Waals surface area contributed by atoms with Crippen molar-refractivity contribution in [1.29, 1.82) is 0 Å². The lowest BCUT2D eigenvalue weighted by Gasteiger charge is -2.16. The first-order valence-corrected chi connectivity index (χ1v) is 12.5. The highest BCUT2D eigenvalue weighted by Crippen LogP contribution is 2.29. The average Bonchev–Trinajstić information content (AvgIpc) is 2.80. The van der Waals surface area contributed by atoms with Crippen molar-refractivity contribution in [3.05, 3.63) is 41.1 Å². The Morgan fingerprint density at radius 3 is 2.36 bits per heavy atom. The van der Waals surface area contributed by atoms with E-state index in [1.807, 2.05) is 19.1 Å². The minimum atomic E-state index is -3.49. The Kier molecular flexibility index (Phi) is 4.96. The predicted molar refractivity (Wildman–Crippen MR) is 91.9 cm³/mol. The largest absolute Gasteiger partial charge is 0.396 e.